The minimum absolute atomic E-state index is 0.0244. The molecule has 0 spiro atoms. The van der Waals surface area contributed by atoms with E-state index in [1.54, 1.807) is 6.92 Å². The third-order valence-corrected chi connectivity index (χ3v) is 15.8. The Morgan fingerprint density at radius 2 is 1.84 bits per heavy atom. The molecule has 3 aliphatic carbocycles. The number of carbonyl (C=O) groups is 4. The van der Waals surface area contributed by atoms with E-state index < -0.39 is 73.6 Å². The Balaban J connectivity index is 1.12. The number of para-hydroxylation sites is 1. The molecule has 3 saturated carbocycles. The van der Waals surface area contributed by atoms with Crippen LogP contribution in [-0.4, -0.2) is 128 Å². The van der Waals surface area contributed by atoms with Crippen molar-refractivity contribution in [3.05, 3.63) is 42.5 Å². The molecule has 2 aromatic rings. The molecule has 4 amide bonds. The number of benzene rings is 1. The van der Waals surface area contributed by atoms with E-state index in [4.69, 9.17) is 23.9 Å². The third kappa shape index (κ3) is 9.26. The van der Waals surface area contributed by atoms with E-state index in [0.717, 1.165) is 62.7 Å². The molecule has 62 heavy (non-hydrogen) atoms. The lowest BCUT2D eigenvalue weighted by Crippen LogP contribution is -2.60. The number of aromatic nitrogens is 1. The molecule has 1 aromatic carbocycles. The van der Waals surface area contributed by atoms with E-state index in [9.17, 15) is 27.6 Å². The summed E-state index contributed by atoms with van der Waals surface area (Å²) in [5, 5.41) is 6.56. The quantitative estimate of drug-likeness (QED) is 0.291. The number of morpholine rings is 1. The molecule has 2 bridgehead atoms. The minimum Gasteiger partial charge on any atom is -0.491 e. The molecule has 3 N–H and O–H groups in total. The first-order chi connectivity index (χ1) is 29.5. The number of nitrogens with zero attached hydrogens (tertiary/aromatic N) is 3. The van der Waals surface area contributed by atoms with Crippen LogP contribution in [0.5, 0.6) is 11.6 Å². The van der Waals surface area contributed by atoms with Gasteiger partial charge in [0.15, 0.2) is 0 Å². The van der Waals surface area contributed by atoms with Crippen molar-refractivity contribution in [2.24, 2.45) is 17.3 Å². The van der Waals surface area contributed by atoms with Gasteiger partial charge in [0, 0.05) is 37.4 Å². The largest absolute Gasteiger partial charge is 0.491 e. The second kappa shape index (κ2) is 17.2. The molecule has 3 aliphatic heterocycles. The van der Waals surface area contributed by atoms with Gasteiger partial charge in [-0.3, -0.25) is 24.0 Å². The zero-order chi connectivity index (χ0) is 44.0. The van der Waals surface area contributed by atoms with Crippen LogP contribution in [0.2, 0.25) is 0 Å². The number of hydrogen-bond acceptors (Lipinski definition) is 12. The summed E-state index contributed by atoms with van der Waals surface area (Å²) in [6, 6.07) is 5.52. The van der Waals surface area contributed by atoms with Crippen LogP contribution >= 0.6 is 0 Å². The van der Waals surface area contributed by atoms with Gasteiger partial charge in [0.2, 0.25) is 27.7 Å². The van der Waals surface area contributed by atoms with Crippen molar-refractivity contribution < 1.29 is 46.5 Å². The molecule has 5 fully saturated rings. The van der Waals surface area contributed by atoms with E-state index in [1.807, 2.05) is 45.0 Å². The van der Waals surface area contributed by atoms with Crippen LogP contribution in [0.15, 0.2) is 36.9 Å². The van der Waals surface area contributed by atoms with Gasteiger partial charge in [-0.05, 0) is 75.3 Å². The SMILES string of the molecule is C=C[C@H]1C[C@]1(NC(=O)[C@@H]1C[C@@H]2CN1C(=O)[C@H](C(C)(C)C)NC(=O)O[C@@H]1C[C@H]1CCCCCc1c(nc3ccccc3c1OCCN1CCOCC1)O2)C(=O)NS(=O)(=O)C1(C)CC1. The molecule has 338 valence electrons. The minimum atomic E-state index is -4.01. The second-order valence-electron chi connectivity index (χ2n) is 19.4. The fraction of sp³-hybridized carbons (Fsp3) is 0.667. The summed E-state index contributed by atoms with van der Waals surface area (Å²) >= 11 is 0. The van der Waals surface area contributed by atoms with Crippen molar-refractivity contribution in [1.29, 1.82) is 0 Å². The Hall–Kier alpha value is -4.48. The first-order valence-electron chi connectivity index (χ1n) is 22.3. The topological polar surface area (TPSA) is 195 Å². The molecule has 2 saturated heterocycles. The fourth-order valence-electron chi connectivity index (χ4n) is 9.09. The maximum Gasteiger partial charge on any atom is 0.408 e. The summed E-state index contributed by atoms with van der Waals surface area (Å²) in [6.45, 7) is 15.0. The number of rotatable bonds is 10. The summed E-state index contributed by atoms with van der Waals surface area (Å²) in [4.78, 5) is 65.4. The number of fused-ring (bicyclic) bond motifs is 5. The molecule has 8 rings (SSSR count). The predicted octanol–water partition coefficient (Wildman–Crippen LogP) is 4.00. The lowest BCUT2D eigenvalue weighted by Gasteiger charge is -2.35. The van der Waals surface area contributed by atoms with Crippen LogP contribution in [0.3, 0.4) is 0 Å². The standard InChI is InChI=1S/C45H62N6O10S/c1-6-29-26-45(29,41(54)49-62(56,57)44(5)16-17-44)48-38(52)34-25-30-27-51(34)40(53)37(43(2,3)4)47-42(55)61-35-24-28(35)12-8-7-9-14-32-36(59-23-20-50-18-21-58-22-19-50)31-13-10-11-15-33(31)46-39(32)60-30/h6,10-11,13,15,28-30,34-35,37H,1,7-9,12,14,16-27H2,2-5H3,(H,47,55)(H,48,52)(H,49,54)/t28-,29+,30-,34+,35-,37-,45-/m1/s1. The van der Waals surface area contributed by atoms with Gasteiger partial charge in [0.1, 0.15) is 42.2 Å². The lowest BCUT2D eigenvalue weighted by molar-refractivity contribution is -0.142. The first-order valence-corrected chi connectivity index (χ1v) is 23.8. The van der Waals surface area contributed by atoms with Gasteiger partial charge >= 0.3 is 6.09 Å². The lowest BCUT2D eigenvalue weighted by atomic mass is 9.85. The van der Waals surface area contributed by atoms with Gasteiger partial charge in [-0.25, -0.2) is 18.2 Å². The molecule has 1 aromatic heterocycles. The number of pyridine rings is 1. The Kier molecular flexibility index (Phi) is 12.3. The number of hydrogen-bond donors (Lipinski definition) is 3. The Morgan fingerprint density at radius 3 is 2.55 bits per heavy atom. The van der Waals surface area contributed by atoms with Crippen LogP contribution in [0, 0.1) is 17.3 Å². The Morgan fingerprint density at radius 1 is 1.08 bits per heavy atom. The fourth-order valence-corrected chi connectivity index (χ4v) is 10.4. The van der Waals surface area contributed by atoms with E-state index in [1.165, 1.54) is 11.0 Å². The number of alkyl carbamates (subject to hydrolysis) is 1. The Labute approximate surface area is 364 Å². The van der Waals surface area contributed by atoms with Gasteiger partial charge in [0.25, 0.3) is 5.91 Å². The van der Waals surface area contributed by atoms with Crippen LogP contribution < -0.4 is 24.8 Å². The van der Waals surface area contributed by atoms with Crippen molar-refractivity contribution in [3.63, 3.8) is 0 Å². The molecule has 0 unspecified atom stereocenters. The highest BCUT2D eigenvalue weighted by Crippen LogP contribution is 2.47. The zero-order valence-electron chi connectivity index (χ0n) is 36.4. The highest BCUT2D eigenvalue weighted by Gasteiger charge is 2.63. The monoisotopic (exact) mass is 878 g/mol. The predicted molar refractivity (Wildman–Crippen MR) is 230 cm³/mol. The molecular weight excluding hydrogens is 817 g/mol. The molecular formula is C45H62N6O10S. The summed E-state index contributed by atoms with van der Waals surface area (Å²) in [5.41, 5.74) is -0.890. The highest BCUT2D eigenvalue weighted by molar-refractivity contribution is 7.91. The van der Waals surface area contributed by atoms with Gasteiger partial charge in [-0.2, -0.15) is 0 Å². The molecule has 17 heteroatoms. The molecule has 4 heterocycles. The molecule has 7 atom stereocenters. The average molecular weight is 879 g/mol. The van der Waals surface area contributed by atoms with Crippen LogP contribution in [0.1, 0.15) is 91.0 Å². The van der Waals surface area contributed by atoms with Crippen molar-refractivity contribution in [3.8, 4) is 11.6 Å². The smallest absolute Gasteiger partial charge is 0.408 e. The number of nitrogens with one attached hydrogen (secondary N) is 3. The summed E-state index contributed by atoms with van der Waals surface area (Å²) in [5.74, 6) is -1.25. The zero-order valence-corrected chi connectivity index (χ0v) is 37.2. The maximum absolute atomic E-state index is 14.9. The van der Waals surface area contributed by atoms with Crippen LogP contribution in [0.25, 0.3) is 10.9 Å². The van der Waals surface area contributed by atoms with Crippen molar-refractivity contribution in [2.75, 3.05) is 46.0 Å². The summed E-state index contributed by atoms with van der Waals surface area (Å²) < 4.78 is 52.4. The van der Waals surface area contributed by atoms with E-state index in [2.05, 4.69) is 26.8 Å². The van der Waals surface area contributed by atoms with E-state index >= 15 is 0 Å². The van der Waals surface area contributed by atoms with E-state index in [-0.39, 0.29) is 31.4 Å². The van der Waals surface area contributed by atoms with E-state index in [0.29, 0.717) is 56.2 Å². The average Bonchev–Trinajstić information content (AvgIpc) is 4.19. The number of amides is 4. The maximum atomic E-state index is 14.9. The Bertz CT molecular complexity index is 2190. The van der Waals surface area contributed by atoms with Crippen molar-refractivity contribution >= 4 is 44.7 Å². The number of ether oxygens (including phenoxy) is 4. The van der Waals surface area contributed by atoms with Gasteiger partial charge in [0.05, 0.1) is 35.6 Å². The van der Waals surface area contributed by atoms with Crippen LogP contribution in [-0.2, 0) is 40.3 Å². The summed E-state index contributed by atoms with van der Waals surface area (Å²) in [7, 11) is -4.01. The van der Waals surface area contributed by atoms with Crippen LogP contribution in [0.4, 0.5) is 4.79 Å². The molecule has 6 aliphatic rings. The highest BCUT2D eigenvalue weighted by atomic mass is 32.2. The normalized spacial score (nSPS) is 30.2. The van der Waals surface area contributed by atoms with Crippen molar-refractivity contribution in [2.45, 2.75) is 126 Å². The van der Waals surface area contributed by atoms with Crippen molar-refractivity contribution in [1.82, 2.24) is 30.1 Å². The first kappa shape index (κ1) is 44.1. The second-order valence-corrected chi connectivity index (χ2v) is 21.6. The van der Waals surface area contributed by atoms with Gasteiger partial charge in [-0.1, -0.05) is 51.8 Å². The number of sulfonamides is 1. The third-order valence-electron chi connectivity index (χ3n) is 13.7. The number of carbonyl (C=O) groups excluding carboxylic acids is 4. The molecule has 0 radical (unpaired) electrons. The summed E-state index contributed by atoms with van der Waals surface area (Å²) in [6.07, 6.45) is 5.84. The molecule has 16 nitrogen and oxygen atoms in total. The van der Waals surface area contributed by atoms with Gasteiger partial charge < -0.3 is 34.5 Å². The van der Waals surface area contributed by atoms with Gasteiger partial charge in [-0.15, -0.1) is 6.58 Å².